The number of thiocarbonyl (C=S) groups is 1. The van der Waals surface area contributed by atoms with Gasteiger partial charge in [0.15, 0.2) is 5.11 Å². The molecule has 0 heterocycles. The number of nitrogens with one attached hydrogen (secondary N) is 2. The second-order valence-electron chi connectivity index (χ2n) is 5.81. The Kier molecular flexibility index (Phi) is 6.18. The van der Waals surface area contributed by atoms with Crippen LogP contribution in [0.1, 0.15) is 17.3 Å². The number of anilines is 1. The number of ether oxygens (including phenoxy) is 1. The molecule has 5 heteroatoms. The summed E-state index contributed by atoms with van der Waals surface area (Å²) < 4.78 is 5.40. The quantitative estimate of drug-likeness (QED) is 0.623. The first-order valence-corrected chi connectivity index (χ1v) is 9.07. The normalized spacial score (nSPS) is 10.1. The van der Waals surface area contributed by atoms with Crippen molar-refractivity contribution in [2.24, 2.45) is 0 Å². The summed E-state index contributed by atoms with van der Waals surface area (Å²) in [6, 6.07) is 24.8. The lowest BCUT2D eigenvalue weighted by atomic mass is 10.0. The van der Waals surface area contributed by atoms with E-state index in [2.05, 4.69) is 10.6 Å². The Hall–Kier alpha value is -3.18. The summed E-state index contributed by atoms with van der Waals surface area (Å²) in [6.45, 7) is 2.55. The fraction of sp³-hybridized carbons (Fsp3) is 0.0909. The maximum Gasteiger partial charge on any atom is 0.257 e. The van der Waals surface area contributed by atoms with Gasteiger partial charge in [-0.3, -0.25) is 10.1 Å². The van der Waals surface area contributed by atoms with Crippen molar-refractivity contribution in [3.8, 4) is 16.9 Å². The molecule has 4 nitrogen and oxygen atoms in total. The van der Waals surface area contributed by atoms with Gasteiger partial charge in [0, 0.05) is 11.3 Å². The Morgan fingerprint density at radius 2 is 1.52 bits per heavy atom. The highest BCUT2D eigenvalue weighted by Crippen LogP contribution is 2.19. The zero-order valence-corrected chi connectivity index (χ0v) is 15.8. The third-order valence-electron chi connectivity index (χ3n) is 3.90. The van der Waals surface area contributed by atoms with E-state index >= 15 is 0 Å². The van der Waals surface area contributed by atoms with E-state index in [1.165, 1.54) is 0 Å². The second kappa shape index (κ2) is 8.96. The molecule has 0 unspecified atom stereocenters. The second-order valence-corrected chi connectivity index (χ2v) is 6.22. The third kappa shape index (κ3) is 5.15. The number of hydrogen-bond acceptors (Lipinski definition) is 3. The van der Waals surface area contributed by atoms with Gasteiger partial charge >= 0.3 is 0 Å². The minimum absolute atomic E-state index is 0.247. The van der Waals surface area contributed by atoms with E-state index in [1.54, 1.807) is 12.1 Å². The highest BCUT2D eigenvalue weighted by atomic mass is 32.1. The molecule has 0 aliphatic rings. The van der Waals surface area contributed by atoms with Crippen LogP contribution in [0.5, 0.6) is 5.75 Å². The summed E-state index contributed by atoms with van der Waals surface area (Å²) in [5, 5.41) is 5.93. The molecule has 2 N–H and O–H groups in total. The van der Waals surface area contributed by atoms with Crippen LogP contribution in [0.2, 0.25) is 0 Å². The maximum absolute atomic E-state index is 12.4. The molecule has 0 bridgehead atoms. The van der Waals surface area contributed by atoms with Crippen LogP contribution < -0.4 is 15.4 Å². The molecule has 0 atom stereocenters. The SMILES string of the molecule is CCOc1ccc(NC(=S)NC(=O)c2ccc(-c3ccccc3)cc2)cc1. The number of amides is 1. The molecule has 136 valence electrons. The molecule has 1 amide bonds. The fourth-order valence-corrected chi connectivity index (χ4v) is 2.79. The van der Waals surface area contributed by atoms with E-state index in [0.29, 0.717) is 12.2 Å². The van der Waals surface area contributed by atoms with Crippen LogP contribution >= 0.6 is 12.2 Å². The molecule has 0 saturated carbocycles. The van der Waals surface area contributed by atoms with Crippen LogP contribution in [-0.2, 0) is 0 Å². The van der Waals surface area contributed by atoms with Crippen molar-refractivity contribution in [3.63, 3.8) is 0 Å². The number of rotatable bonds is 5. The van der Waals surface area contributed by atoms with Gasteiger partial charge < -0.3 is 10.1 Å². The monoisotopic (exact) mass is 376 g/mol. The molecule has 0 saturated heterocycles. The lowest BCUT2D eigenvalue weighted by Crippen LogP contribution is -2.34. The molecule has 27 heavy (non-hydrogen) atoms. The molecule has 0 spiro atoms. The average Bonchev–Trinajstić information content (AvgIpc) is 2.70. The lowest BCUT2D eigenvalue weighted by molar-refractivity contribution is 0.0978. The highest BCUT2D eigenvalue weighted by Gasteiger charge is 2.08. The Balaban J connectivity index is 1.58. The van der Waals surface area contributed by atoms with Crippen molar-refractivity contribution < 1.29 is 9.53 Å². The van der Waals surface area contributed by atoms with E-state index in [4.69, 9.17) is 17.0 Å². The van der Waals surface area contributed by atoms with Crippen LogP contribution in [-0.4, -0.2) is 17.6 Å². The van der Waals surface area contributed by atoms with Crippen molar-refractivity contribution in [3.05, 3.63) is 84.4 Å². The topological polar surface area (TPSA) is 50.4 Å². The van der Waals surface area contributed by atoms with Crippen LogP contribution in [0.3, 0.4) is 0 Å². The van der Waals surface area contributed by atoms with Gasteiger partial charge in [0.2, 0.25) is 0 Å². The first-order valence-electron chi connectivity index (χ1n) is 8.66. The number of hydrogen-bond donors (Lipinski definition) is 2. The van der Waals surface area contributed by atoms with Crippen LogP contribution in [0.4, 0.5) is 5.69 Å². The maximum atomic E-state index is 12.4. The van der Waals surface area contributed by atoms with Gasteiger partial charge in [0.25, 0.3) is 5.91 Å². The molecular formula is C22H20N2O2S. The molecule has 3 aromatic rings. The van der Waals surface area contributed by atoms with Gasteiger partial charge in [0.1, 0.15) is 5.75 Å². The molecule has 0 radical (unpaired) electrons. The molecule has 0 aromatic heterocycles. The summed E-state index contributed by atoms with van der Waals surface area (Å²) in [4.78, 5) is 12.4. The largest absolute Gasteiger partial charge is 0.494 e. The minimum atomic E-state index is -0.252. The summed E-state index contributed by atoms with van der Waals surface area (Å²) in [5.41, 5.74) is 3.49. The highest BCUT2D eigenvalue weighted by molar-refractivity contribution is 7.80. The Morgan fingerprint density at radius 3 is 2.15 bits per heavy atom. The van der Waals surface area contributed by atoms with Crippen molar-refractivity contribution in [1.29, 1.82) is 0 Å². The van der Waals surface area contributed by atoms with Crippen molar-refractivity contribution >= 4 is 28.9 Å². The zero-order chi connectivity index (χ0) is 19.1. The smallest absolute Gasteiger partial charge is 0.257 e. The van der Waals surface area contributed by atoms with Crippen molar-refractivity contribution in [2.45, 2.75) is 6.92 Å². The third-order valence-corrected chi connectivity index (χ3v) is 4.11. The lowest BCUT2D eigenvalue weighted by Gasteiger charge is -2.11. The van der Waals surface area contributed by atoms with E-state index < -0.39 is 0 Å². The minimum Gasteiger partial charge on any atom is -0.494 e. The van der Waals surface area contributed by atoms with Gasteiger partial charge in [0.05, 0.1) is 6.61 Å². The summed E-state index contributed by atoms with van der Waals surface area (Å²) in [5.74, 6) is 0.537. The van der Waals surface area contributed by atoms with Gasteiger partial charge in [-0.15, -0.1) is 0 Å². The molecule has 0 aliphatic carbocycles. The van der Waals surface area contributed by atoms with Crippen LogP contribution in [0.15, 0.2) is 78.9 Å². The molecular weight excluding hydrogens is 356 g/mol. The van der Waals surface area contributed by atoms with Crippen molar-refractivity contribution in [2.75, 3.05) is 11.9 Å². The van der Waals surface area contributed by atoms with E-state index in [0.717, 1.165) is 22.6 Å². The van der Waals surface area contributed by atoms with Gasteiger partial charge in [-0.2, -0.15) is 0 Å². The first kappa shape index (κ1) is 18.6. The predicted octanol–water partition coefficient (Wildman–Crippen LogP) is 4.88. The van der Waals surface area contributed by atoms with E-state index in [9.17, 15) is 4.79 Å². The van der Waals surface area contributed by atoms with Crippen LogP contribution in [0.25, 0.3) is 11.1 Å². The van der Waals surface area contributed by atoms with Crippen LogP contribution in [0, 0.1) is 0 Å². The molecule has 3 aromatic carbocycles. The van der Waals surface area contributed by atoms with Gasteiger partial charge in [-0.25, -0.2) is 0 Å². The Morgan fingerprint density at radius 1 is 0.889 bits per heavy atom. The predicted molar refractivity (Wildman–Crippen MR) is 113 cm³/mol. The number of benzene rings is 3. The molecule has 3 rings (SSSR count). The first-order chi connectivity index (χ1) is 13.2. The van der Waals surface area contributed by atoms with E-state index in [-0.39, 0.29) is 11.0 Å². The van der Waals surface area contributed by atoms with Gasteiger partial charge in [-0.1, -0.05) is 42.5 Å². The summed E-state index contributed by atoms with van der Waals surface area (Å²) in [6.07, 6.45) is 0. The standard InChI is InChI=1S/C22H20N2O2S/c1-2-26-20-14-12-19(13-15-20)23-22(27)24-21(25)18-10-8-17(9-11-18)16-6-4-3-5-7-16/h3-15H,2H2,1H3,(H2,23,24,25,27). The molecule has 0 fully saturated rings. The van der Waals surface area contributed by atoms with E-state index in [1.807, 2.05) is 73.7 Å². The Bertz CT molecular complexity index is 907. The van der Waals surface area contributed by atoms with Gasteiger partial charge in [-0.05, 0) is 66.7 Å². The zero-order valence-electron chi connectivity index (χ0n) is 14.9. The number of carbonyl (C=O) groups excluding carboxylic acids is 1. The summed E-state index contributed by atoms with van der Waals surface area (Å²) >= 11 is 5.22. The number of carbonyl (C=O) groups is 1. The van der Waals surface area contributed by atoms with Crippen molar-refractivity contribution in [1.82, 2.24) is 5.32 Å². The average molecular weight is 376 g/mol. The Labute approximate surface area is 164 Å². The molecule has 0 aliphatic heterocycles. The summed E-state index contributed by atoms with van der Waals surface area (Å²) in [7, 11) is 0. The fourth-order valence-electron chi connectivity index (χ4n) is 2.58.